The summed E-state index contributed by atoms with van der Waals surface area (Å²) in [6.07, 6.45) is 2.12. The fourth-order valence-electron chi connectivity index (χ4n) is 2.32. The smallest absolute Gasteiger partial charge is 0.258 e. The maximum Gasteiger partial charge on any atom is 0.258 e. The molecule has 0 bridgehead atoms. The minimum absolute atomic E-state index is 0.0695. The lowest BCUT2D eigenvalue weighted by Crippen LogP contribution is -2.32. The summed E-state index contributed by atoms with van der Waals surface area (Å²) in [6, 6.07) is 7.70. The number of amides is 1. The van der Waals surface area contributed by atoms with E-state index in [1.54, 1.807) is 17.4 Å². The Hall–Kier alpha value is -1.81. The van der Waals surface area contributed by atoms with Crippen molar-refractivity contribution >= 4 is 17.2 Å². The molecule has 1 aromatic carbocycles. The number of para-hydroxylation sites is 1. The Morgan fingerprint density at radius 1 is 1.40 bits per heavy atom. The molecule has 1 heterocycles. The third-order valence-electron chi connectivity index (χ3n) is 3.65. The number of nitrogens with zero attached hydrogens (tertiary/aromatic N) is 1. The van der Waals surface area contributed by atoms with E-state index in [0.717, 1.165) is 24.0 Å². The second-order valence-corrected chi connectivity index (χ2v) is 6.05. The Labute approximate surface area is 122 Å². The molecule has 0 radical (unpaired) electrons. The van der Waals surface area contributed by atoms with Crippen LogP contribution in [0.2, 0.25) is 0 Å². The number of aromatic hydroxyl groups is 1. The summed E-state index contributed by atoms with van der Waals surface area (Å²) in [6.45, 7) is 2.44. The number of carbonyl (C=O) groups excluding carboxylic acids is 1. The lowest BCUT2D eigenvalue weighted by Gasteiger charge is -2.22. The molecule has 1 amide bonds. The lowest BCUT2D eigenvalue weighted by atomic mass is 10.1. The first-order valence-electron chi connectivity index (χ1n) is 6.77. The van der Waals surface area contributed by atoms with E-state index < -0.39 is 0 Å². The van der Waals surface area contributed by atoms with E-state index in [1.807, 2.05) is 35.4 Å². The van der Waals surface area contributed by atoms with Crippen LogP contribution in [0.3, 0.4) is 0 Å². The van der Waals surface area contributed by atoms with Crippen molar-refractivity contribution in [2.24, 2.45) is 0 Å². The third-order valence-corrected chi connectivity index (χ3v) is 4.38. The van der Waals surface area contributed by atoms with Gasteiger partial charge >= 0.3 is 0 Å². The molecule has 1 aliphatic carbocycles. The summed E-state index contributed by atoms with van der Waals surface area (Å²) in [5.41, 5.74) is 2.30. The van der Waals surface area contributed by atoms with Gasteiger partial charge in [-0.25, -0.2) is 0 Å². The van der Waals surface area contributed by atoms with Crippen LogP contribution in [0.25, 0.3) is 0 Å². The van der Waals surface area contributed by atoms with Crippen LogP contribution >= 0.6 is 11.3 Å². The van der Waals surface area contributed by atoms with Crippen molar-refractivity contribution in [2.45, 2.75) is 32.4 Å². The van der Waals surface area contributed by atoms with E-state index in [-0.39, 0.29) is 11.7 Å². The number of phenols is 1. The summed E-state index contributed by atoms with van der Waals surface area (Å²) in [7, 11) is 0. The van der Waals surface area contributed by atoms with Crippen LogP contribution in [-0.2, 0) is 6.54 Å². The van der Waals surface area contributed by atoms with Crippen molar-refractivity contribution in [3.05, 3.63) is 51.7 Å². The van der Waals surface area contributed by atoms with Gasteiger partial charge in [-0.3, -0.25) is 4.79 Å². The summed E-state index contributed by atoms with van der Waals surface area (Å²) >= 11 is 1.64. The molecule has 0 aliphatic heterocycles. The first kappa shape index (κ1) is 13.2. The lowest BCUT2D eigenvalue weighted by molar-refractivity contribution is 0.0727. The molecule has 1 aromatic heterocycles. The fraction of sp³-hybridized carbons (Fsp3) is 0.312. The zero-order valence-corrected chi connectivity index (χ0v) is 12.2. The van der Waals surface area contributed by atoms with Crippen molar-refractivity contribution in [2.75, 3.05) is 0 Å². The quantitative estimate of drug-likeness (QED) is 0.934. The summed E-state index contributed by atoms with van der Waals surface area (Å²) < 4.78 is 0. The molecule has 0 unspecified atom stereocenters. The Balaban J connectivity index is 1.87. The Kier molecular flexibility index (Phi) is 3.49. The van der Waals surface area contributed by atoms with Crippen LogP contribution in [0.15, 0.2) is 35.0 Å². The van der Waals surface area contributed by atoms with Gasteiger partial charge in [0, 0.05) is 12.6 Å². The molecule has 0 spiro atoms. The van der Waals surface area contributed by atoms with Gasteiger partial charge < -0.3 is 10.0 Å². The Morgan fingerprint density at radius 3 is 2.85 bits per heavy atom. The van der Waals surface area contributed by atoms with Crippen molar-refractivity contribution in [3.63, 3.8) is 0 Å². The number of aryl methyl sites for hydroxylation is 1. The molecule has 1 saturated carbocycles. The first-order chi connectivity index (χ1) is 9.66. The molecule has 0 saturated heterocycles. The van der Waals surface area contributed by atoms with Crippen LogP contribution in [0.4, 0.5) is 0 Å². The average Bonchev–Trinajstić information content (AvgIpc) is 3.15. The molecule has 0 atom stereocenters. The molecule has 3 rings (SSSR count). The monoisotopic (exact) mass is 287 g/mol. The number of phenolic OH excluding ortho intramolecular Hbond substituents is 1. The third kappa shape index (κ3) is 2.56. The van der Waals surface area contributed by atoms with Gasteiger partial charge in [0.05, 0.1) is 5.56 Å². The molecular weight excluding hydrogens is 270 g/mol. The van der Waals surface area contributed by atoms with Gasteiger partial charge in [-0.15, -0.1) is 0 Å². The molecule has 4 heteroatoms. The van der Waals surface area contributed by atoms with Gasteiger partial charge in [-0.2, -0.15) is 11.3 Å². The maximum atomic E-state index is 12.7. The fourth-order valence-corrected chi connectivity index (χ4v) is 2.98. The number of carbonyl (C=O) groups is 1. The molecule has 1 fully saturated rings. The summed E-state index contributed by atoms with van der Waals surface area (Å²) in [5, 5.41) is 14.2. The SMILES string of the molecule is Cc1cccc(C(=O)N(Cc2ccsc2)C2CC2)c1O. The normalized spacial score (nSPS) is 14.2. The van der Waals surface area contributed by atoms with Gasteiger partial charge in [-0.1, -0.05) is 12.1 Å². The predicted molar refractivity (Wildman–Crippen MR) is 80.1 cm³/mol. The van der Waals surface area contributed by atoms with E-state index in [9.17, 15) is 9.90 Å². The molecule has 2 aromatic rings. The highest BCUT2D eigenvalue weighted by molar-refractivity contribution is 7.07. The van der Waals surface area contributed by atoms with Crippen LogP contribution in [0.5, 0.6) is 5.75 Å². The van der Waals surface area contributed by atoms with Crippen molar-refractivity contribution in [1.29, 1.82) is 0 Å². The Bertz CT molecular complexity index is 617. The van der Waals surface area contributed by atoms with Crippen molar-refractivity contribution in [3.8, 4) is 5.75 Å². The van der Waals surface area contributed by atoms with E-state index in [0.29, 0.717) is 18.2 Å². The zero-order chi connectivity index (χ0) is 14.1. The molecule has 104 valence electrons. The van der Waals surface area contributed by atoms with Crippen LogP contribution in [0.1, 0.15) is 34.3 Å². The highest BCUT2D eigenvalue weighted by Crippen LogP contribution is 2.32. The van der Waals surface area contributed by atoms with Gasteiger partial charge in [0.2, 0.25) is 0 Å². The van der Waals surface area contributed by atoms with Crippen LogP contribution in [0, 0.1) is 6.92 Å². The standard InChI is InChI=1S/C16H17NO2S/c1-11-3-2-4-14(15(11)18)16(19)17(13-5-6-13)9-12-7-8-20-10-12/h2-4,7-8,10,13,18H,5-6,9H2,1H3. The van der Waals surface area contributed by atoms with Gasteiger partial charge in [0.1, 0.15) is 5.75 Å². The largest absolute Gasteiger partial charge is 0.507 e. The Morgan fingerprint density at radius 2 is 2.20 bits per heavy atom. The van der Waals surface area contributed by atoms with Gasteiger partial charge in [-0.05, 0) is 53.8 Å². The second kappa shape index (κ2) is 5.29. The molecule has 20 heavy (non-hydrogen) atoms. The predicted octanol–water partition coefficient (Wildman–Crippen LogP) is 3.57. The van der Waals surface area contributed by atoms with E-state index in [2.05, 4.69) is 5.38 Å². The minimum Gasteiger partial charge on any atom is -0.507 e. The summed E-state index contributed by atoms with van der Waals surface area (Å²) in [4.78, 5) is 14.6. The van der Waals surface area contributed by atoms with Crippen molar-refractivity contribution < 1.29 is 9.90 Å². The van der Waals surface area contributed by atoms with Crippen molar-refractivity contribution in [1.82, 2.24) is 4.90 Å². The molecular formula is C16H17NO2S. The van der Waals surface area contributed by atoms with E-state index in [1.165, 1.54) is 0 Å². The molecule has 1 N–H and O–H groups in total. The summed E-state index contributed by atoms with van der Waals surface area (Å²) in [5.74, 6) is 0.0355. The van der Waals surface area contributed by atoms with Gasteiger partial charge in [0.15, 0.2) is 0 Å². The zero-order valence-electron chi connectivity index (χ0n) is 11.4. The molecule has 1 aliphatic rings. The minimum atomic E-state index is -0.0695. The van der Waals surface area contributed by atoms with Crippen LogP contribution in [-0.4, -0.2) is 22.0 Å². The number of thiophene rings is 1. The number of benzene rings is 1. The molecule has 3 nitrogen and oxygen atoms in total. The second-order valence-electron chi connectivity index (χ2n) is 5.27. The first-order valence-corrected chi connectivity index (χ1v) is 7.71. The van der Waals surface area contributed by atoms with Crippen LogP contribution < -0.4 is 0 Å². The average molecular weight is 287 g/mol. The number of hydrogen-bond donors (Lipinski definition) is 1. The number of hydrogen-bond acceptors (Lipinski definition) is 3. The maximum absolute atomic E-state index is 12.7. The van der Waals surface area contributed by atoms with Gasteiger partial charge in [0.25, 0.3) is 5.91 Å². The topological polar surface area (TPSA) is 40.5 Å². The van der Waals surface area contributed by atoms with E-state index >= 15 is 0 Å². The van der Waals surface area contributed by atoms with E-state index in [4.69, 9.17) is 0 Å². The number of rotatable bonds is 4. The highest BCUT2D eigenvalue weighted by atomic mass is 32.1. The highest BCUT2D eigenvalue weighted by Gasteiger charge is 2.34.